The van der Waals surface area contributed by atoms with Gasteiger partial charge in [0.05, 0.1) is 12.8 Å². The van der Waals surface area contributed by atoms with E-state index in [-0.39, 0.29) is 6.07 Å². The van der Waals surface area contributed by atoms with E-state index in [1.807, 2.05) is 5.43 Å². The number of nitrogens with zero attached hydrogens (tertiary/aromatic N) is 1. The molecule has 0 aliphatic heterocycles. The second-order valence-corrected chi connectivity index (χ2v) is 4.38. The average Bonchev–Trinajstić information content (AvgIpc) is 2.53. The Hall–Kier alpha value is -2.57. The molecule has 0 bridgehead atoms. The lowest BCUT2D eigenvalue weighted by molar-refractivity contribution is 0.415. The molecule has 0 heterocycles. The summed E-state index contributed by atoms with van der Waals surface area (Å²) in [6.45, 7) is 1.57. The minimum absolute atomic E-state index is 0.135. The first-order valence-corrected chi connectivity index (χ1v) is 6.21. The quantitative estimate of drug-likeness (QED) is 0.399. The number of ether oxygens (including phenoxy) is 1. The van der Waals surface area contributed by atoms with E-state index in [0.717, 1.165) is 0 Å². The Morgan fingerprint density at radius 3 is 2.05 bits per heavy atom. The van der Waals surface area contributed by atoms with Crippen molar-refractivity contribution in [2.45, 2.75) is 6.92 Å². The maximum atomic E-state index is 13.5. The van der Waals surface area contributed by atoms with Crippen molar-refractivity contribution in [1.29, 1.82) is 0 Å². The summed E-state index contributed by atoms with van der Waals surface area (Å²) in [5.41, 5.74) is 2.05. The second kappa shape index (κ2) is 6.46. The molecule has 0 aromatic heterocycles. The van der Waals surface area contributed by atoms with Crippen LogP contribution in [-0.4, -0.2) is 12.8 Å². The van der Waals surface area contributed by atoms with Gasteiger partial charge in [0.25, 0.3) is 0 Å². The van der Waals surface area contributed by atoms with Gasteiger partial charge in [-0.05, 0) is 36.8 Å². The minimum Gasteiger partial charge on any atom is -0.497 e. The van der Waals surface area contributed by atoms with Crippen molar-refractivity contribution < 1.29 is 22.3 Å². The molecule has 0 fully saturated rings. The fraction of sp³-hybridized carbons (Fsp3) is 0.133. The Bertz CT molecular complexity index is 688. The van der Waals surface area contributed by atoms with Crippen LogP contribution in [0.5, 0.6) is 5.75 Å². The normalized spacial score (nSPS) is 11.5. The summed E-state index contributed by atoms with van der Waals surface area (Å²) in [6, 6.07) is 6.85. The third kappa shape index (κ3) is 3.19. The molecule has 0 spiro atoms. The maximum Gasteiger partial charge on any atom is 0.186 e. The van der Waals surface area contributed by atoms with Gasteiger partial charge in [-0.1, -0.05) is 0 Å². The van der Waals surface area contributed by atoms with Crippen LogP contribution < -0.4 is 10.2 Å². The summed E-state index contributed by atoms with van der Waals surface area (Å²) in [5.74, 6) is -5.44. The highest BCUT2D eigenvalue weighted by Gasteiger charge is 2.18. The first-order valence-electron chi connectivity index (χ1n) is 6.21. The van der Waals surface area contributed by atoms with Crippen LogP contribution in [0.1, 0.15) is 12.5 Å². The predicted octanol–water partition coefficient (Wildman–Crippen LogP) is 4.09. The van der Waals surface area contributed by atoms with Crippen LogP contribution in [0.15, 0.2) is 35.4 Å². The van der Waals surface area contributed by atoms with Gasteiger partial charge in [-0.15, -0.1) is 0 Å². The van der Waals surface area contributed by atoms with Crippen molar-refractivity contribution in [3.8, 4) is 5.75 Å². The zero-order valence-electron chi connectivity index (χ0n) is 11.8. The van der Waals surface area contributed by atoms with E-state index >= 15 is 0 Å². The number of hydrazone groups is 1. The molecule has 0 atom stereocenters. The number of halogens is 4. The van der Waals surface area contributed by atoms with E-state index < -0.39 is 29.0 Å². The highest BCUT2D eigenvalue weighted by Crippen LogP contribution is 2.24. The third-order valence-corrected chi connectivity index (χ3v) is 2.95. The number of anilines is 1. The number of rotatable bonds is 4. The molecule has 0 saturated heterocycles. The number of hydrogen-bond donors (Lipinski definition) is 1. The van der Waals surface area contributed by atoms with Gasteiger partial charge in [-0.25, -0.2) is 17.6 Å². The zero-order chi connectivity index (χ0) is 16.3. The largest absolute Gasteiger partial charge is 0.497 e. The number of benzene rings is 2. The van der Waals surface area contributed by atoms with Gasteiger partial charge < -0.3 is 4.74 Å². The molecule has 0 saturated carbocycles. The van der Waals surface area contributed by atoms with E-state index in [2.05, 4.69) is 5.10 Å². The minimum atomic E-state index is -1.54. The number of hydrogen-bond acceptors (Lipinski definition) is 3. The van der Waals surface area contributed by atoms with E-state index in [1.165, 1.54) is 7.11 Å². The fourth-order valence-corrected chi connectivity index (χ4v) is 1.71. The molecule has 2 aromatic rings. The summed E-state index contributed by atoms with van der Waals surface area (Å²) in [4.78, 5) is 0. The molecule has 3 nitrogen and oxygen atoms in total. The molecule has 0 aliphatic carbocycles. The van der Waals surface area contributed by atoms with Crippen LogP contribution in [0, 0.1) is 23.3 Å². The van der Waals surface area contributed by atoms with Gasteiger partial charge in [0.1, 0.15) is 11.4 Å². The van der Waals surface area contributed by atoms with Gasteiger partial charge in [0, 0.05) is 6.07 Å². The summed E-state index contributed by atoms with van der Waals surface area (Å²) < 4.78 is 58.1. The van der Waals surface area contributed by atoms with Gasteiger partial charge in [0.2, 0.25) is 0 Å². The van der Waals surface area contributed by atoms with Crippen LogP contribution in [0.2, 0.25) is 0 Å². The predicted molar refractivity (Wildman–Crippen MR) is 75.1 cm³/mol. The number of methoxy groups -OCH3 is 1. The van der Waals surface area contributed by atoms with Crippen LogP contribution >= 0.6 is 0 Å². The summed E-state index contributed by atoms with van der Waals surface area (Å²) in [7, 11) is 1.52. The summed E-state index contributed by atoms with van der Waals surface area (Å²) >= 11 is 0. The molecule has 0 amide bonds. The smallest absolute Gasteiger partial charge is 0.186 e. The van der Waals surface area contributed by atoms with Crippen molar-refractivity contribution >= 4 is 11.4 Å². The van der Waals surface area contributed by atoms with Gasteiger partial charge in [-0.2, -0.15) is 5.10 Å². The first-order chi connectivity index (χ1) is 10.4. The first kappa shape index (κ1) is 15.8. The SMILES string of the molecule is COc1ccc(C(C)=NNc2c(F)c(F)cc(F)c2F)cc1. The lowest BCUT2D eigenvalue weighted by Crippen LogP contribution is -2.05. The third-order valence-electron chi connectivity index (χ3n) is 2.95. The summed E-state index contributed by atoms with van der Waals surface area (Å²) in [5, 5.41) is 3.74. The lowest BCUT2D eigenvalue weighted by Gasteiger charge is -2.08. The zero-order valence-corrected chi connectivity index (χ0v) is 11.8. The highest BCUT2D eigenvalue weighted by atomic mass is 19.2. The Labute approximate surface area is 124 Å². The average molecular weight is 312 g/mol. The van der Waals surface area contributed by atoms with Crippen LogP contribution in [0.3, 0.4) is 0 Å². The molecule has 0 aliphatic rings. The van der Waals surface area contributed by atoms with Crippen molar-refractivity contribution in [3.63, 3.8) is 0 Å². The molecule has 7 heteroatoms. The molecule has 1 N–H and O–H groups in total. The Morgan fingerprint density at radius 2 is 1.55 bits per heavy atom. The van der Waals surface area contributed by atoms with Crippen molar-refractivity contribution in [1.82, 2.24) is 0 Å². The number of nitrogens with one attached hydrogen (secondary N) is 1. The topological polar surface area (TPSA) is 33.6 Å². The van der Waals surface area contributed by atoms with Crippen molar-refractivity contribution in [2.24, 2.45) is 5.10 Å². The van der Waals surface area contributed by atoms with Crippen molar-refractivity contribution in [3.05, 3.63) is 59.2 Å². The van der Waals surface area contributed by atoms with Crippen LogP contribution in [0.25, 0.3) is 0 Å². The molecule has 0 radical (unpaired) electrons. The molecule has 2 aromatic carbocycles. The van der Waals surface area contributed by atoms with E-state index in [1.54, 1.807) is 31.2 Å². The lowest BCUT2D eigenvalue weighted by atomic mass is 10.1. The fourth-order valence-electron chi connectivity index (χ4n) is 1.71. The van der Waals surface area contributed by atoms with Crippen LogP contribution in [-0.2, 0) is 0 Å². The Kier molecular flexibility index (Phi) is 4.65. The van der Waals surface area contributed by atoms with Crippen LogP contribution in [0.4, 0.5) is 23.2 Å². The molecule has 22 heavy (non-hydrogen) atoms. The van der Waals surface area contributed by atoms with Gasteiger partial charge in [-0.3, -0.25) is 5.43 Å². The van der Waals surface area contributed by atoms with Crippen molar-refractivity contribution in [2.75, 3.05) is 12.5 Å². The molecular formula is C15H12F4N2O. The highest BCUT2D eigenvalue weighted by molar-refractivity contribution is 5.99. The van der Waals surface area contributed by atoms with E-state index in [4.69, 9.17) is 4.74 Å². The Balaban J connectivity index is 2.27. The second-order valence-electron chi connectivity index (χ2n) is 4.38. The molecule has 116 valence electrons. The van der Waals surface area contributed by atoms with Gasteiger partial charge >= 0.3 is 0 Å². The Morgan fingerprint density at radius 1 is 1.00 bits per heavy atom. The maximum absolute atomic E-state index is 13.5. The molecular weight excluding hydrogens is 300 g/mol. The van der Waals surface area contributed by atoms with E-state index in [9.17, 15) is 17.6 Å². The summed E-state index contributed by atoms with van der Waals surface area (Å²) in [6.07, 6.45) is 0. The molecule has 0 unspecified atom stereocenters. The standard InChI is InChI=1S/C15H12F4N2O/c1-8(9-3-5-10(22-2)6-4-9)20-21-15-13(18)11(16)7-12(17)14(15)19/h3-7,21H,1-2H3. The van der Waals surface area contributed by atoms with Gasteiger partial charge in [0.15, 0.2) is 23.3 Å². The molecule has 2 rings (SSSR count). The van der Waals surface area contributed by atoms with E-state index in [0.29, 0.717) is 17.0 Å². The monoisotopic (exact) mass is 312 g/mol.